The van der Waals surface area contributed by atoms with Crippen LogP contribution in [0, 0.1) is 0 Å². The van der Waals surface area contributed by atoms with Crippen LogP contribution in [0.25, 0.3) is 86.8 Å². The van der Waals surface area contributed by atoms with Gasteiger partial charge in [-0.25, -0.2) is 0 Å². The van der Waals surface area contributed by atoms with E-state index in [9.17, 15) is 0 Å². The molecule has 34 heavy (non-hydrogen) atoms. The average Bonchev–Trinajstić information content (AvgIpc) is 3.45. The molecule has 0 saturated carbocycles. The maximum atomic E-state index is 6.38. The van der Waals surface area contributed by atoms with Crippen molar-refractivity contribution in [2.24, 2.45) is 0 Å². The molecule has 0 radical (unpaired) electrons. The minimum Gasteiger partial charge on any atom is -0.456 e. The molecule has 0 aliphatic heterocycles. The summed E-state index contributed by atoms with van der Waals surface area (Å²) in [5.74, 6) is 0. The van der Waals surface area contributed by atoms with E-state index >= 15 is 0 Å². The van der Waals surface area contributed by atoms with Gasteiger partial charge in [-0.3, -0.25) is 0 Å². The highest BCUT2D eigenvalue weighted by Crippen LogP contribution is 2.47. The number of nitrogens with one attached hydrogen (secondary N) is 1. The van der Waals surface area contributed by atoms with Crippen molar-refractivity contribution >= 4 is 86.8 Å². The van der Waals surface area contributed by atoms with Crippen molar-refractivity contribution in [3.8, 4) is 0 Å². The molecule has 0 bridgehead atoms. The lowest BCUT2D eigenvalue weighted by Gasteiger charge is -2.15. The number of hydrogen-bond donors (Lipinski definition) is 1. The van der Waals surface area contributed by atoms with Gasteiger partial charge in [-0.05, 0) is 67.4 Å². The first kappa shape index (κ1) is 17.0. The van der Waals surface area contributed by atoms with E-state index in [1.54, 1.807) is 0 Å². The number of aromatic nitrogens is 1. The van der Waals surface area contributed by atoms with Crippen LogP contribution >= 0.6 is 0 Å². The first-order chi connectivity index (χ1) is 16.9. The summed E-state index contributed by atoms with van der Waals surface area (Å²) in [4.78, 5) is 3.68. The number of furan rings is 1. The fraction of sp³-hybridized carbons (Fsp3) is 0. The highest BCUT2D eigenvalue weighted by atomic mass is 16.3. The van der Waals surface area contributed by atoms with E-state index in [0.29, 0.717) is 0 Å². The number of rotatable bonds is 0. The minimum atomic E-state index is 0.939. The van der Waals surface area contributed by atoms with Gasteiger partial charge in [0.1, 0.15) is 11.2 Å². The van der Waals surface area contributed by atoms with Crippen molar-refractivity contribution in [3.63, 3.8) is 0 Å². The molecule has 2 nitrogen and oxygen atoms in total. The van der Waals surface area contributed by atoms with Crippen LogP contribution in [0.1, 0.15) is 0 Å². The lowest BCUT2D eigenvalue weighted by Crippen LogP contribution is -1.88. The first-order valence-electron chi connectivity index (χ1n) is 11.7. The summed E-state index contributed by atoms with van der Waals surface area (Å²) in [6, 6.07) is 35.1. The second-order valence-corrected chi connectivity index (χ2v) is 9.37. The summed E-state index contributed by atoms with van der Waals surface area (Å²) in [5, 5.41) is 15.3. The molecule has 0 amide bonds. The molecule has 1 N–H and O–H groups in total. The normalized spacial score (nSPS) is 12.7. The summed E-state index contributed by atoms with van der Waals surface area (Å²) in [6.07, 6.45) is 0. The van der Waals surface area contributed by atoms with Gasteiger partial charge in [-0.15, -0.1) is 0 Å². The van der Waals surface area contributed by atoms with E-state index in [-0.39, 0.29) is 0 Å². The van der Waals surface area contributed by atoms with Crippen molar-refractivity contribution in [3.05, 3.63) is 97.1 Å². The molecule has 156 valence electrons. The average molecular weight is 431 g/mol. The van der Waals surface area contributed by atoms with Gasteiger partial charge in [-0.1, -0.05) is 72.8 Å². The molecule has 0 aliphatic rings. The second kappa shape index (κ2) is 5.67. The Morgan fingerprint density at radius 2 is 1.00 bits per heavy atom. The molecule has 0 spiro atoms. The molecule has 9 rings (SSSR count). The Hall–Kier alpha value is -4.56. The summed E-state index contributed by atoms with van der Waals surface area (Å²) in [5.41, 5.74) is 4.24. The van der Waals surface area contributed by atoms with Crippen molar-refractivity contribution in [1.29, 1.82) is 0 Å². The Bertz CT molecular complexity index is 2120. The standard InChI is InChI=1S/C32H17NO/c1-3-13-25-19(7-1)31-21-11-5-9-17-18-10-6-12-22-30(18)24(23(29(17)21)15-26(31)33-25)16-28-32(22)20-8-2-4-14-27(20)34-28/h1-16,33H. The molecule has 7 aromatic carbocycles. The van der Waals surface area contributed by atoms with Gasteiger partial charge in [0.15, 0.2) is 0 Å². The smallest absolute Gasteiger partial charge is 0.136 e. The Balaban J connectivity index is 1.65. The summed E-state index contributed by atoms with van der Waals surface area (Å²) >= 11 is 0. The molecule has 0 atom stereocenters. The first-order valence-corrected chi connectivity index (χ1v) is 11.7. The Kier molecular flexibility index (Phi) is 2.83. The van der Waals surface area contributed by atoms with Gasteiger partial charge in [0.05, 0.1) is 0 Å². The van der Waals surface area contributed by atoms with Crippen LogP contribution < -0.4 is 0 Å². The predicted molar refractivity (Wildman–Crippen MR) is 144 cm³/mol. The maximum absolute atomic E-state index is 6.38. The zero-order valence-corrected chi connectivity index (χ0v) is 18.1. The molecule has 0 saturated heterocycles. The van der Waals surface area contributed by atoms with Gasteiger partial charge in [0, 0.05) is 32.6 Å². The molecular formula is C32H17NO. The maximum Gasteiger partial charge on any atom is 0.136 e. The van der Waals surface area contributed by atoms with Crippen LogP contribution in [0.2, 0.25) is 0 Å². The molecule has 2 aromatic heterocycles. The van der Waals surface area contributed by atoms with Gasteiger partial charge in [0.2, 0.25) is 0 Å². The molecule has 9 aromatic rings. The number of fused-ring (bicyclic) bond motifs is 10. The lowest BCUT2D eigenvalue weighted by atomic mass is 9.87. The van der Waals surface area contributed by atoms with Crippen LogP contribution in [0.4, 0.5) is 0 Å². The third-order valence-electron chi connectivity index (χ3n) is 7.71. The third-order valence-corrected chi connectivity index (χ3v) is 7.71. The van der Waals surface area contributed by atoms with E-state index in [0.717, 1.165) is 11.2 Å². The molecular weight excluding hydrogens is 414 g/mol. The fourth-order valence-electron chi connectivity index (χ4n) is 6.40. The van der Waals surface area contributed by atoms with Crippen molar-refractivity contribution in [2.75, 3.05) is 0 Å². The van der Waals surface area contributed by atoms with E-state index in [2.05, 4.69) is 96.0 Å². The zero-order chi connectivity index (χ0) is 22.0. The van der Waals surface area contributed by atoms with Gasteiger partial charge >= 0.3 is 0 Å². The van der Waals surface area contributed by atoms with E-state index in [1.165, 1.54) is 75.7 Å². The van der Waals surface area contributed by atoms with Gasteiger partial charge in [-0.2, -0.15) is 0 Å². The Morgan fingerprint density at radius 3 is 1.82 bits per heavy atom. The third kappa shape index (κ3) is 1.86. The highest BCUT2D eigenvalue weighted by molar-refractivity contribution is 6.41. The summed E-state index contributed by atoms with van der Waals surface area (Å²) in [7, 11) is 0. The summed E-state index contributed by atoms with van der Waals surface area (Å²) < 4.78 is 6.38. The van der Waals surface area contributed by atoms with Crippen molar-refractivity contribution in [1.82, 2.24) is 4.98 Å². The second-order valence-electron chi connectivity index (χ2n) is 9.37. The molecule has 0 fully saturated rings. The topological polar surface area (TPSA) is 28.9 Å². The van der Waals surface area contributed by atoms with Crippen LogP contribution in [0.5, 0.6) is 0 Å². The van der Waals surface area contributed by atoms with E-state index < -0.39 is 0 Å². The highest BCUT2D eigenvalue weighted by Gasteiger charge is 2.20. The van der Waals surface area contributed by atoms with Gasteiger partial charge < -0.3 is 9.40 Å². The molecule has 2 heterocycles. The predicted octanol–water partition coefficient (Wildman–Crippen LogP) is 9.27. The Morgan fingerprint density at radius 1 is 0.382 bits per heavy atom. The van der Waals surface area contributed by atoms with Crippen LogP contribution in [-0.2, 0) is 0 Å². The Labute approximate surface area is 193 Å². The van der Waals surface area contributed by atoms with E-state index in [4.69, 9.17) is 4.42 Å². The molecule has 2 heteroatoms. The fourth-order valence-corrected chi connectivity index (χ4v) is 6.40. The van der Waals surface area contributed by atoms with Crippen molar-refractivity contribution < 1.29 is 4.42 Å². The lowest BCUT2D eigenvalue weighted by molar-refractivity contribution is 0.669. The number of benzene rings is 7. The molecule has 0 aliphatic carbocycles. The minimum absolute atomic E-state index is 0.939. The van der Waals surface area contributed by atoms with Crippen LogP contribution in [0.3, 0.4) is 0 Å². The van der Waals surface area contributed by atoms with Crippen LogP contribution in [0.15, 0.2) is 101 Å². The van der Waals surface area contributed by atoms with Gasteiger partial charge in [0.25, 0.3) is 0 Å². The monoisotopic (exact) mass is 431 g/mol. The number of hydrogen-bond acceptors (Lipinski definition) is 1. The quantitative estimate of drug-likeness (QED) is 0.188. The largest absolute Gasteiger partial charge is 0.456 e. The SMILES string of the molecule is c1ccc2c(c1)[nH]c1cc3c4cc5oc6ccccc6c5c5cccc(c6cccc(c12)c63)c45. The van der Waals surface area contributed by atoms with E-state index in [1.807, 2.05) is 6.07 Å². The number of aromatic amines is 1. The van der Waals surface area contributed by atoms with Crippen molar-refractivity contribution in [2.45, 2.75) is 0 Å². The number of H-pyrrole nitrogens is 1. The summed E-state index contributed by atoms with van der Waals surface area (Å²) in [6.45, 7) is 0. The molecule has 0 unspecified atom stereocenters. The zero-order valence-electron chi connectivity index (χ0n) is 18.1. The van der Waals surface area contributed by atoms with Crippen LogP contribution in [-0.4, -0.2) is 4.98 Å². The number of para-hydroxylation sites is 2.